The lowest BCUT2D eigenvalue weighted by Gasteiger charge is -2.29. The molecule has 34 heavy (non-hydrogen) atoms. The highest BCUT2D eigenvalue weighted by Crippen LogP contribution is 2.24. The minimum Gasteiger partial charge on any atom is -0.444 e. The number of benzene rings is 2. The van der Waals surface area contributed by atoms with Crippen molar-refractivity contribution < 1.29 is 28.7 Å². The molecule has 0 unspecified atom stereocenters. The largest absolute Gasteiger partial charge is 0.444 e. The summed E-state index contributed by atoms with van der Waals surface area (Å²) in [6.45, 7) is 5.04. The molecule has 0 atom stereocenters. The summed E-state index contributed by atoms with van der Waals surface area (Å²) in [5, 5.41) is 0. The molecule has 2 aliphatic rings. The number of carbonyl (C=O) groups is 5. The van der Waals surface area contributed by atoms with Crippen molar-refractivity contribution in [3.05, 3.63) is 70.8 Å². The number of nitrogens with zero attached hydrogens (tertiary/aromatic N) is 3. The van der Waals surface area contributed by atoms with Gasteiger partial charge in [0.15, 0.2) is 0 Å². The lowest BCUT2D eigenvalue weighted by atomic mass is 10.1. The van der Waals surface area contributed by atoms with Crippen molar-refractivity contribution in [1.82, 2.24) is 14.7 Å². The van der Waals surface area contributed by atoms with E-state index in [1.165, 1.54) is 4.90 Å². The second kappa shape index (κ2) is 8.74. The first-order chi connectivity index (χ1) is 16.1. The Balaban J connectivity index is 1.47. The molecule has 0 saturated carbocycles. The number of carbonyl (C=O) groups excluding carboxylic acids is 5. The highest BCUT2D eigenvalue weighted by atomic mass is 16.6. The normalized spacial score (nSPS) is 15.0. The van der Waals surface area contributed by atoms with Gasteiger partial charge in [0.25, 0.3) is 23.6 Å². The molecule has 0 aromatic heterocycles. The van der Waals surface area contributed by atoms with Crippen LogP contribution in [0.15, 0.2) is 48.5 Å². The Morgan fingerprint density at radius 2 is 1.03 bits per heavy atom. The van der Waals surface area contributed by atoms with E-state index in [2.05, 4.69) is 0 Å². The van der Waals surface area contributed by atoms with Gasteiger partial charge < -0.3 is 9.64 Å². The van der Waals surface area contributed by atoms with Crippen molar-refractivity contribution in [2.45, 2.75) is 26.4 Å². The smallest absolute Gasteiger partial charge is 0.410 e. The number of ether oxygens (including phenoxy) is 1. The number of hydrogen-bond acceptors (Lipinski definition) is 6. The van der Waals surface area contributed by atoms with E-state index in [4.69, 9.17) is 4.74 Å². The number of amides is 5. The Hall–Kier alpha value is -4.01. The molecule has 0 radical (unpaired) electrons. The van der Waals surface area contributed by atoms with E-state index in [-0.39, 0.29) is 26.2 Å². The molecule has 176 valence electrons. The van der Waals surface area contributed by atoms with Crippen LogP contribution >= 0.6 is 0 Å². The molecule has 2 aliphatic heterocycles. The molecule has 2 heterocycles. The summed E-state index contributed by atoms with van der Waals surface area (Å²) in [6.07, 6.45) is -0.666. The average Bonchev–Trinajstić information content (AvgIpc) is 3.18. The third kappa shape index (κ3) is 4.28. The van der Waals surface area contributed by atoms with Crippen LogP contribution in [0, 0.1) is 0 Å². The SMILES string of the molecule is CC(C)(C)OC(=O)N(CCN1C(=O)c2ccccc2C1=O)CCN1C(=O)c2ccccc2C1=O. The molecule has 0 aliphatic carbocycles. The maximum atomic E-state index is 12.9. The number of imide groups is 2. The van der Waals surface area contributed by atoms with Crippen LogP contribution < -0.4 is 0 Å². The fourth-order valence-corrected chi connectivity index (χ4v) is 3.95. The number of fused-ring (bicyclic) bond motifs is 2. The average molecular weight is 463 g/mol. The van der Waals surface area contributed by atoms with E-state index >= 15 is 0 Å². The quantitative estimate of drug-likeness (QED) is 0.610. The zero-order chi connectivity index (χ0) is 24.6. The minimum atomic E-state index is -0.777. The van der Waals surface area contributed by atoms with Crippen molar-refractivity contribution >= 4 is 29.7 Å². The Labute approximate surface area is 196 Å². The summed E-state index contributed by atoms with van der Waals surface area (Å²) in [5.41, 5.74) is 0.509. The molecule has 0 saturated heterocycles. The second-order valence-electron chi connectivity index (χ2n) is 9.08. The lowest BCUT2D eigenvalue weighted by molar-refractivity contribution is 0.0206. The molecule has 9 nitrogen and oxygen atoms in total. The van der Waals surface area contributed by atoms with E-state index in [9.17, 15) is 24.0 Å². The van der Waals surface area contributed by atoms with Gasteiger partial charge in [0.2, 0.25) is 0 Å². The monoisotopic (exact) mass is 463 g/mol. The van der Waals surface area contributed by atoms with Crippen molar-refractivity contribution in [2.75, 3.05) is 26.2 Å². The van der Waals surface area contributed by atoms with Gasteiger partial charge in [-0.1, -0.05) is 24.3 Å². The fourth-order valence-electron chi connectivity index (χ4n) is 3.95. The summed E-state index contributed by atoms with van der Waals surface area (Å²) in [6, 6.07) is 13.1. The van der Waals surface area contributed by atoms with Crippen LogP contribution in [0.2, 0.25) is 0 Å². The molecule has 9 heteroatoms. The minimum absolute atomic E-state index is 0.0104. The van der Waals surface area contributed by atoms with Crippen molar-refractivity contribution in [3.63, 3.8) is 0 Å². The molecule has 0 bridgehead atoms. The van der Waals surface area contributed by atoms with Gasteiger partial charge in [-0.3, -0.25) is 29.0 Å². The van der Waals surface area contributed by atoms with Crippen LogP contribution in [0.4, 0.5) is 4.79 Å². The van der Waals surface area contributed by atoms with Crippen LogP contribution in [0.3, 0.4) is 0 Å². The fraction of sp³-hybridized carbons (Fsp3) is 0.320. The molecule has 2 aromatic carbocycles. The van der Waals surface area contributed by atoms with E-state index in [1.54, 1.807) is 69.3 Å². The Kier molecular flexibility index (Phi) is 5.95. The topological polar surface area (TPSA) is 104 Å². The van der Waals surface area contributed by atoms with Gasteiger partial charge in [0, 0.05) is 26.2 Å². The first-order valence-electron chi connectivity index (χ1n) is 11.0. The van der Waals surface area contributed by atoms with Crippen LogP contribution in [0.25, 0.3) is 0 Å². The lowest BCUT2D eigenvalue weighted by Crippen LogP contribution is -2.46. The standard InChI is InChI=1S/C25H25N3O6/c1-25(2,3)34-24(33)26(12-14-27-20(29)16-8-4-5-9-17(16)21(27)30)13-15-28-22(31)18-10-6-7-11-19(18)23(28)32/h4-11H,12-15H2,1-3H3. The second-order valence-corrected chi connectivity index (χ2v) is 9.08. The summed E-state index contributed by atoms with van der Waals surface area (Å²) in [5.74, 6) is -1.70. The van der Waals surface area contributed by atoms with Gasteiger partial charge in [-0.15, -0.1) is 0 Å². The van der Waals surface area contributed by atoms with Gasteiger partial charge in [-0.05, 0) is 45.0 Å². The number of rotatable bonds is 6. The Bertz CT molecular complexity index is 1050. The van der Waals surface area contributed by atoms with Gasteiger partial charge in [0.1, 0.15) is 5.60 Å². The molecule has 5 amide bonds. The molecule has 2 aromatic rings. The predicted molar refractivity (Wildman–Crippen MR) is 121 cm³/mol. The van der Waals surface area contributed by atoms with E-state index in [0.29, 0.717) is 22.3 Å². The summed E-state index contributed by atoms with van der Waals surface area (Å²) in [4.78, 5) is 67.0. The van der Waals surface area contributed by atoms with E-state index in [0.717, 1.165) is 9.80 Å². The zero-order valence-corrected chi connectivity index (χ0v) is 19.2. The Morgan fingerprint density at radius 3 is 1.32 bits per heavy atom. The summed E-state index contributed by atoms with van der Waals surface area (Å²) in [7, 11) is 0. The van der Waals surface area contributed by atoms with E-state index < -0.39 is 35.3 Å². The first-order valence-corrected chi connectivity index (χ1v) is 11.0. The van der Waals surface area contributed by atoms with Gasteiger partial charge in [-0.2, -0.15) is 0 Å². The van der Waals surface area contributed by atoms with Gasteiger partial charge in [-0.25, -0.2) is 4.79 Å². The van der Waals surface area contributed by atoms with Crippen LogP contribution in [0.5, 0.6) is 0 Å². The van der Waals surface area contributed by atoms with Crippen molar-refractivity contribution in [3.8, 4) is 0 Å². The molecule has 0 fully saturated rings. The number of hydrogen-bond donors (Lipinski definition) is 0. The zero-order valence-electron chi connectivity index (χ0n) is 19.2. The maximum absolute atomic E-state index is 12.9. The highest BCUT2D eigenvalue weighted by Gasteiger charge is 2.37. The highest BCUT2D eigenvalue weighted by molar-refractivity contribution is 6.22. The molecular formula is C25H25N3O6. The van der Waals surface area contributed by atoms with E-state index in [1.807, 2.05) is 0 Å². The van der Waals surface area contributed by atoms with Crippen molar-refractivity contribution in [2.24, 2.45) is 0 Å². The van der Waals surface area contributed by atoms with Crippen LogP contribution in [0.1, 0.15) is 62.2 Å². The molecule has 0 N–H and O–H groups in total. The Morgan fingerprint density at radius 1 is 0.706 bits per heavy atom. The molecule has 0 spiro atoms. The summed E-state index contributed by atoms with van der Waals surface area (Å²) < 4.78 is 5.47. The van der Waals surface area contributed by atoms with Gasteiger partial charge >= 0.3 is 6.09 Å². The first kappa shape index (κ1) is 23.2. The predicted octanol–water partition coefficient (Wildman–Crippen LogP) is 2.82. The third-order valence-electron chi connectivity index (χ3n) is 5.60. The molecule has 4 rings (SSSR count). The van der Waals surface area contributed by atoms with Crippen molar-refractivity contribution in [1.29, 1.82) is 0 Å². The molecular weight excluding hydrogens is 438 g/mol. The summed E-state index contributed by atoms with van der Waals surface area (Å²) >= 11 is 0. The van der Waals surface area contributed by atoms with Crippen LogP contribution in [-0.4, -0.2) is 76.2 Å². The third-order valence-corrected chi connectivity index (χ3v) is 5.60. The van der Waals surface area contributed by atoms with Crippen LogP contribution in [-0.2, 0) is 4.74 Å². The maximum Gasteiger partial charge on any atom is 0.410 e. The van der Waals surface area contributed by atoms with Gasteiger partial charge in [0.05, 0.1) is 22.3 Å².